The van der Waals surface area contributed by atoms with Crippen LogP contribution in [0.5, 0.6) is 0 Å². The highest BCUT2D eigenvalue weighted by Crippen LogP contribution is 1.99. The lowest BCUT2D eigenvalue weighted by Gasteiger charge is -2.11. The van der Waals surface area contributed by atoms with E-state index in [1.807, 2.05) is 0 Å². The number of hydrogen-bond donors (Lipinski definition) is 3. The zero-order valence-corrected chi connectivity index (χ0v) is 7.40. The van der Waals surface area contributed by atoms with E-state index in [0.717, 1.165) is 0 Å². The Labute approximate surface area is 75.5 Å². The Balaban J connectivity index is 2.38. The van der Waals surface area contributed by atoms with Crippen molar-refractivity contribution in [2.45, 2.75) is 19.5 Å². The molecule has 0 spiro atoms. The molecular formula is C7H13N3O3. The van der Waals surface area contributed by atoms with Gasteiger partial charge in [-0.25, -0.2) is 4.63 Å². The van der Waals surface area contributed by atoms with Gasteiger partial charge in [-0.2, -0.15) is 0 Å². The van der Waals surface area contributed by atoms with E-state index in [1.165, 1.54) is 0 Å². The lowest BCUT2D eigenvalue weighted by Crippen LogP contribution is -2.35. The zero-order chi connectivity index (χ0) is 9.68. The SMILES string of the molecule is Cc1nonc1CNC(CO)CO. The molecule has 0 amide bonds. The number of aliphatic hydroxyl groups is 2. The highest BCUT2D eigenvalue weighted by molar-refractivity contribution is 5.03. The molecule has 0 aliphatic heterocycles. The third-order valence-electron chi connectivity index (χ3n) is 1.75. The molecular weight excluding hydrogens is 174 g/mol. The molecule has 0 aliphatic rings. The topological polar surface area (TPSA) is 91.4 Å². The van der Waals surface area contributed by atoms with Crippen LogP contribution in [-0.2, 0) is 6.54 Å². The molecule has 0 saturated heterocycles. The number of nitrogens with zero attached hydrogens (tertiary/aromatic N) is 2. The average Bonchev–Trinajstić information content (AvgIpc) is 2.54. The number of aryl methyl sites for hydroxylation is 1. The van der Waals surface area contributed by atoms with Gasteiger partial charge >= 0.3 is 0 Å². The molecule has 0 aliphatic carbocycles. The first kappa shape index (κ1) is 10.1. The summed E-state index contributed by atoms with van der Waals surface area (Å²) in [5.41, 5.74) is 1.40. The summed E-state index contributed by atoms with van der Waals surface area (Å²) in [5, 5.41) is 27.6. The van der Waals surface area contributed by atoms with E-state index >= 15 is 0 Å². The summed E-state index contributed by atoms with van der Waals surface area (Å²) in [4.78, 5) is 0. The van der Waals surface area contributed by atoms with Gasteiger partial charge in [0.2, 0.25) is 0 Å². The van der Waals surface area contributed by atoms with Gasteiger partial charge in [0, 0.05) is 6.54 Å². The summed E-state index contributed by atoms with van der Waals surface area (Å²) >= 11 is 0. The third kappa shape index (κ3) is 2.76. The van der Waals surface area contributed by atoms with Crippen molar-refractivity contribution in [1.82, 2.24) is 15.6 Å². The molecule has 1 aromatic rings. The van der Waals surface area contributed by atoms with Crippen molar-refractivity contribution in [3.63, 3.8) is 0 Å². The first-order valence-corrected chi connectivity index (χ1v) is 4.01. The Morgan fingerprint density at radius 1 is 1.38 bits per heavy atom. The molecule has 3 N–H and O–H groups in total. The maximum Gasteiger partial charge on any atom is 0.121 e. The highest BCUT2D eigenvalue weighted by Gasteiger charge is 2.08. The van der Waals surface area contributed by atoms with Gasteiger partial charge in [-0.3, -0.25) is 0 Å². The summed E-state index contributed by atoms with van der Waals surface area (Å²) < 4.78 is 4.48. The van der Waals surface area contributed by atoms with Gasteiger partial charge in [-0.05, 0) is 6.92 Å². The van der Waals surface area contributed by atoms with E-state index in [9.17, 15) is 0 Å². The van der Waals surface area contributed by atoms with E-state index in [4.69, 9.17) is 10.2 Å². The Morgan fingerprint density at radius 3 is 2.54 bits per heavy atom. The molecule has 1 heterocycles. The molecule has 6 nitrogen and oxygen atoms in total. The van der Waals surface area contributed by atoms with Gasteiger partial charge in [0.1, 0.15) is 11.4 Å². The first-order chi connectivity index (χ1) is 6.27. The molecule has 0 bridgehead atoms. The van der Waals surface area contributed by atoms with Crippen LogP contribution >= 0.6 is 0 Å². The third-order valence-corrected chi connectivity index (χ3v) is 1.75. The summed E-state index contributed by atoms with van der Waals surface area (Å²) in [7, 11) is 0. The summed E-state index contributed by atoms with van der Waals surface area (Å²) in [6, 6.07) is -0.323. The van der Waals surface area contributed by atoms with Gasteiger partial charge in [-0.1, -0.05) is 10.3 Å². The molecule has 1 aromatic heterocycles. The summed E-state index contributed by atoms with van der Waals surface area (Å²) in [5.74, 6) is 0. The number of rotatable bonds is 5. The van der Waals surface area contributed by atoms with Crippen LogP contribution in [0.2, 0.25) is 0 Å². The Hall–Kier alpha value is -0.980. The molecule has 13 heavy (non-hydrogen) atoms. The van der Waals surface area contributed by atoms with Gasteiger partial charge in [0.05, 0.1) is 19.3 Å². The predicted molar refractivity (Wildman–Crippen MR) is 43.8 cm³/mol. The monoisotopic (exact) mass is 187 g/mol. The minimum Gasteiger partial charge on any atom is -0.395 e. The number of aromatic nitrogens is 2. The molecule has 6 heteroatoms. The summed E-state index contributed by atoms with van der Waals surface area (Å²) in [6.07, 6.45) is 0. The molecule has 0 radical (unpaired) electrons. The van der Waals surface area contributed by atoms with Crippen molar-refractivity contribution in [1.29, 1.82) is 0 Å². The second-order valence-corrected chi connectivity index (χ2v) is 2.74. The molecule has 0 fully saturated rings. The van der Waals surface area contributed by atoms with E-state index in [1.54, 1.807) is 6.92 Å². The maximum atomic E-state index is 8.74. The minimum absolute atomic E-state index is 0.110. The first-order valence-electron chi connectivity index (χ1n) is 4.01. The molecule has 0 atom stereocenters. The standard InChI is InChI=1S/C7H13N3O3/c1-5-7(10-13-9-5)2-8-6(3-11)4-12/h6,8,11-12H,2-4H2,1H3. The minimum atomic E-state index is -0.323. The van der Waals surface area contributed by atoms with Crippen molar-refractivity contribution in [2.24, 2.45) is 0 Å². The fourth-order valence-corrected chi connectivity index (χ4v) is 0.838. The fraction of sp³-hybridized carbons (Fsp3) is 0.714. The van der Waals surface area contributed by atoms with Crippen molar-refractivity contribution < 1.29 is 14.8 Å². The maximum absolute atomic E-state index is 8.74. The van der Waals surface area contributed by atoms with Crippen LogP contribution in [0, 0.1) is 6.92 Å². The Bertz CT molecular complexity index is 247. The second kappa shape index (κ2) is 4.90. The summed E-state index contributed by atoms with van der Waals surface area (Å²) in [6.45, 7) is 1.99. The van der Waals surface area contributed by atoms with Crippen molar-refractivity contribution in [3.05, 3.63) is 11.4 Å². The van der Waals surface area contributed by atoms with Crippen molar-refractivity contribution in [2.75, 3.05) is 13.2 Å². The van der Waals surface area contributed by atoms with Crippen LogP contribution in [0.1, 0.15) is 11.4 Å². The van der Waals surface area contributed by atoms with Crippen LogP contribution < -0.4 is 5.32 Å². The van der Waals surface area contributed by atoms with Crippen LogP contribution in [0.25, 0.3) is 0 Å². The molecule has 0 aromatic carbocycles. The Morgan fingerprint density at radius 2 is 2.08 bits per heavy atom. The molecule has 1 rings (SSSR count). The zero-order valence-electron chi connectivity index (χ0n) is 7.40. The van der Waals surface area contributed by atoms with Crippen LogP contribution in [0.3, 0.4) is 0 Å². The second-order valence-electron chi connectivity index (χ2n) is 2.74. The van der Waals surface area contributed by atoms with Gasteiger partial charge in [0.25, 0.3) is 0 Å². The lowest BCUT2D eigenvalue weighted by molar-refractivity contribution is 0.169. The molecule has 0 saturated carbocycles. The van der Waals surface area contributed by atoms with E-state index in [0.29, 0.717) is 17.9 Å². The smallest absolute Gasteiger partial charge is 0.121 e. The van der Waals surface area contributed by atoms with E-state index in [-0.39, 0.29) is 19.3 Å². The van der Waals surface area contributed by atoms with Crippen LogP contribution in [0.4, 0.5) is 0 Å². The number of hydrogen-bond acceptors (Lipinski definition) is 6. The van der Waals surface area contributed by atoms with E-state index < -0.39 is 0 Å². The molecule has 74 valence electrons. The Kier molecular flexibility index (Phi) is 3.81. The van der Waals surface area contributed by atoms with Gasteiger partial charge in [0.15, 0.2) is 0 Å². The fourth-order valence-electron chi connectivity index (χ4n) is 0.838. The number of nitrogens with one attached hydrogen (secondary N) is 1. The molecule has 0 unspecified atom stereocenters. The lowest BCUT2D eigenvalue weighted by atomic mass is 10.3. The predicted octanol–water partition coefficient (Wildman–Crippen LogP) is -1.18. The van der Waals surface area contributed by atoms with Crippen LogP contribution in [-0.4, -0.2) is 39.8 Å². The van der Waals surface area contributed by atoms with Crippen molar-refractivity contribution in [3.8, 4) is 0 Å². The van der Waals surface area contributed by atoms with Crippen molar-refractivity contribution >= 4 is 0 Å². The van der Waals surface area contributed by atoms with E-state index in [2.05, 4.69) is 20.3 Å². The van der Waals surface area contributed by atoms with Crippen LogP contribution in [0.15, 0.2) is 4.63 Å². The van der Waals surface area contributed by atoms with Gasteiger partial charge < -0.3 is 15.5 Å². The van der Waals surface area contributed by atoms with Gasteiger partial charge in [-0.15, -0.1) is 0 Å². The normalized spacial score (nSPS) is 11.1. The largest absolute Gasteiger partial charge is 0.395 e. The highest BCUT2D eigenvalue weighted by atomic mass is 16.6. The number of aliphatic hydroxyl groups excluding tert-OH is 2. The average molecular weight is 187 g/mol. The quantitative estimate of drug-likeness (QED) is 0.537.